The van der Waals surface area contributed by atoms with E-state index in [0.29, 0.717) is 18.1 Å². The number of nitrogens with zero attached hydrogens (tertiary/aromatic N) is 3. The Morgan fingerprint density at radius 3 is 2.79 bits per heavy atom. The lowest BCUT2D eigenvalue weighted by molar-refractivity contribution is -0.122. The van der Waals surface area contributed by atoms with Gasteiger partial charge in [-0.2, -0.15) is 0 Å². The lowest BCUT2D eigenvalue weighted by atomic mass is 10.1. The molecule has 10 heteroatoms. The predicted molar refractivity (Wildman–Crippen MR) is 106 cm³/mol. The third-order valence-electron chi connectivity index (χ3n) is 4.94. The summed E-state index contributed by atoms with van der Waals surface area (Å²) in [4.78, 5) is 37.1. The number of nitrogens with one attached hydrogen (secondary N) is 2. The zero-order valence-corrected chi connectivity index (χ0v) is 16.4. The van der Waals surface area contributed by atoms with Crippen LogP contribution in [0.2, 0.25) is 0 Å². The number of aromatic nitrogens is 3. The van der Waals surface area contributed by atoms with Crippen LogP contribution >= 0.6 is 11.3 Å². The summed E-state index contributed by atoms with van der Waals surface area (Å²) in [6.45, 7) is 2.51. The van der Waals surface area contributed by atoms with Gasteiger partial charge in [0.1, 0.15) is 6.04 Å². The van der Waals surface area contributed by atoms with E-state index >= 15 is 0 Å². The first kappa shape index (κ1) is 19.4. The van der Waals surface area contributed by atoms with Crippen molar-refractivity contribution >= 4 is 32.7 Å². The Kier molecular flexibility index (Phi) is 5.27. The van der Waals surface area contributed by atoms with E-state index in [2.05, 4.69) is 20.3 Å². The van der Waals surface area contributed by atoms with E-state index in [1.165, 1.54) is 0 Å². The molecule has 3 heterocycles. The van der Waals surface area contributed by atoms with E-state index in [1.807, 2.05) is 42.2 Å². The molecule has 1 aliphatic rings. The average Bonchev–Trinajstić information content (AvgIpc) is 3.35. The number of benzene rings is 1. The van der Waals surface area contributed by atoms with Gasteiger partial charge in [-0.1, -0.05) is 41.7 Å². The number of hydrogen-bond acceptors (Lipinski definition) is 6. The number of aromatic amines is 1. The molecule has 152 valence electrons. The summed E-state index contributed by atoms with van der Waals surface area (Å²) >= 11 is 1.05. The molecule has 1 fully saturated rings. The Balaban J connectivity index is 1.57. The van der Waals surface area contributed by atoms with Crippen molar-refractivity contribution in [3.05, 3.63) is 52.1 Å². The summed E-state index contributed by atoms with van der Waals surface area (Å²) in [5, 5.41) is 3.46. The van der Waals surface area contributed by atoms with Crippen molar-refractivity contribution in [2.24, 2.45) is 0 Å². The molecule has 2 atom stereocenters. The minimum absolute atomic E-state index is 0.0121. The van der Waals surface area contributed by atoms with Crippen molar-refractivity contribution in [2.75, 3.05) is 11.4 Å². The smallest absolute Gasteiger partial charge is 0.295 e. The number of H-pyrrole nitrogens is 1. The van der Waals surface area contributed by atoms with Crippen LogP contribution in [0, 0.1) is 0 Å². The first-order valence-corrected chi connectivity index (χ1v) is 10.1. The molecule has 29 heavy (non-hydrogen) atoms. The van der Waals surface area contributed by atoms with Gasteiger partial charge in [-0.05, 0) is 25.3 Å². The maximum atomic E-state index is 12.9. The number of thiazole rings is 1. The van der Waals surface area contributed by atoms with Crippen LogP contribution in [0.15, 0.2) is 35.1 Å². The largest absolute Gasteiger partial charge is 0.348 e. The number of hydrogen-bond donors (Lipinski definition) is 2. The fraction of sp³-hybridized carbons (Fsp3) is 0.368. The van der Waals surface area contributed by atoms with Crippen molar-refractivity contribution in [3.8, 4) is 0 Å². The number of carbonyl (C=O) groups is 1. The summed E-state index contributed by atoms with van der Waals surface area (Å²) in [6.07, 6.45) is -1.43. The van der Waals surface area contributed by atoms with Crippen molar-refractivity contribution in [1.29, 1.82) is 0 Å². The highest BCUT2D eigenvalue weighted by molar-refractivity contribution is 7.21. The lowest BCUT2D eigenvalue weighted by Gasteiger charge is -2.25. The normalized spacial score (nSPS) is 17.8. The number of amides is 1. The molecule has 1 saturated heterocycles. The minimum Gasteiger partial charge on any atom is -0.348 e. The maximum Gasteiger partial charge on any atom is 0.295 e. The molecule has 3 aromatic rings. The van der Waals surface area contributed by atoms with Crippen LogP contribution in [0.4, 0.5) is 13.9 Å². The molecular weight excluding hydrogens is 400 g/mol. The third-order valence-corrected chi connectivity index (χ3v) is 5.93. The first-order chi connectivity index (χ1) is 13.9. The monoisotopic (exact) mass is 419 g/mol. The van der Waals surface area contributed by atoms with Gasteiger partial charge in [-0.3, -0.25) is 9.59 Å². The van der Waals surface area contributed by atoms with Crippen LogP contribution in [0.3, 0.4) is 0 Å². The molecule has 2 N–H and O–H groups in total. The molecule has 0 saturated carbocycles. The van der Waals surface area contributed by atoms with E-state index in [0.717, 1.165) is 23.3 Å². The van der Waals surface area contributed by atoms with Crippen LogP contribution in [0.25, 0.3) is 10.3 Å². The van der Waals surface area contributed by atoms with E-state index < -0.39 is 23.9 Å². The number of rotatable bonds is 5. The quantitative estimate of drug-likeness (QED) is 0.663. The van der Waals surface area contributed by atoms with Crippen LogP contribution < -0.4 is 15.8 Å². The predicted octanol–water partition coefficient (Wildman–Crippen LogP) is 3.16. The van der Waals surface area contributed by atoms with Crippen molar-refractivity contribution in [3.63, 3.8) is 0 Å². The van der Waals surface area contributed by atoms with E-state index in [-0.39, 0.29) is 22.3 Å². The SMILES string of the molecule is C[C@@H](NC(=O)[C@H]1CCCN1c1nc2c(=O)[nH]c(C(F)F)nc2s1)c1ccccc1. The van der Waals surface area contributed by atoms with Crippen molar-refractivity contribution in [2.45, 2.75) is 38.3 Å². The lowest BCUT2D eigenvalue weighted by Crippen LogP contribution is -2.44. The molecule has 0 bridgehead atoms. The van der Waals surface area contributed by atoms with Gasteiger partial charge in [0.15, 0.2) is 21.3 Å². The highest BCUT2D eigenvalue weighted by Crippen LogP contribution is 2.32. The zero-order valence-electron chi connectivity index (χ0n) is 15.6. The Morgan fingerprint density at radius 2 is 2.07 bits per heavy atom. The summed E-state index contributed by atoms with van der Waals surface area (Å²) in [6, 6.07) is 9.06. The summed E-state index contributed by atoms with van der Waals surface area (Å²) < 4.78 is 25.8. The number of halogens is 2. The number of alkyl halides is 2. The van der Waals surface area contributed by atoms with E-state index in [1.54, 1.807) is 0 Å². The molecule has 0 unspecified atom stereocenters. The Labute approximate surface area is 168 Å². The van der Waals surface area contributed by atoms with Gasteiger partial charge in [-0.15, -0.1) is 0 Å². The average molecular weight is 419 g/mol. The van der Waals surface area contributed by atoms with Gasteiger partial charge in [-0.25, -0.2) is 18.7 Å². The van der Waals surface area contributed by atoms with E-state index in [9.17, 15) is 18.4 Å². The molecular formula is C19H19F2N5O2S. The van der Waals surface area contributed by atoms with Gasteiger partial charge in [0, 0.05) is 6.54 Å². The molecule has 0 radical (unpaired) electrons. The fourth-order valence-electron chi connectivity index (χ4n) is 3.47. The Bertz CT molecular complexity index is 1090. The molecule has 1 aromatic carbocycles. The second-order valence-corrected chi connectivity index (χ2v) is 7.85. The summed E-state index contributed by atoms with van der Waals surface area (Å²) in [5.41, 5.74) is 0.310. The van der Waals surface area contributed by atoms with Crippen LogP contribution in [0.5, 0.6) is 0 Å². The fourth-order valence-corrected chi connectivity index (χ4v) is 4.49. The molecule has 0 spiro atoms. The van der Waals surface area contributed by atoms with Crippen LogP contribution in [-0.2, 0) is 4.79 Å². The maximum absolute atomic E-state index is 12.9. The van der Waals surface area contributed by atoms with Gasteiger partial charge in [0.2, 0.25) is 5.91 Å². The van der Waals surface area contributed by atoms with Crippen molar-refractivity contribution < 1.29 is 13.6 Å². The number of carbonyl (C=O) groups excluding carboxylic acids is 1. The van der Waals surface area contributed by atoms with Gasteiger partial charge < -0.3 is 15.2 Å². The second kappa shape index (κ2) is 7.86. The summed E-state index contributed by atoms with van der Waals surface area (Å²) in [5.74, 6) is -0.807. The van der Waals surface area contributed by atoms with Crippen molar-refractivity contribution in [1.82, 2.24) is 20.3 Å². The highest BCUT2D eigenvalue weighted by atomic mass is 32.1. The molecule has 1 amide bonds. The van der Waals surface area contributed by atoms with Gasteiger partial charge in [0.25, 0.3) is 12.0 Å². The topological polar surface area (TPSA) is 91.0 Å². The first-order valence-electron chi connectivity index (χ1n) is 9.25. The molecule has 0 aliphatic carbocycles. The van der Waals surface area contributed by atoms with Gasteiger partial charge in [0.05, 0.1) is 6.04 Å². The van der Waals surface area contributed by atoms with Gasteiger partial charge >= 0.3 is 0 Å². The molecule has 4 rings (SSSR count). The standard InChI is InChI=1S/C19H19F2N5O2S/c1-10(11-6-3-2-4-7-11)22-16(27)12-8-5-9-26(12)19-23-13-17(28)24-15(14(20)21)25-18(13)29-19/h2-4,6-7,10,12,14H,5,8-9H2,1H3,(H,22,27)(H,24,25,28)/t10-,12-/m1/s1. The number of fused-ring (bicyclic) bond motifs is 1. The third kappa shape index (κ3) is 3.84. The van der Waals surface area contributed by atoms with E-state index in [4.69, 9.17) is 0 Å². The molecule has 7 nitrogen and oxygen atoms in total. The summed E-state index contributed by atoms with van der Waals surface area (Å²) in [7, 11) is 0. The molecule has 2 aromatic heterocycles. The Morgan fingerprint density at radius 1 is 1.31 bits per heavy atom. The molecule has 1 aliphatic heterocycles. The minimum atomic E-state index is -2.87. The van der Waals surface area contributed by atoms with Crippen LogP contribution in [0.1, 0.15) is 43.6 Å². The highest BCUT2D eigenvalue weighted by Gasteiger charge is 2.34. The van der Waals surface area contributed by atoms with Crippen LogP contribution in [-0.4, -0.2) is 33.4 Å². The second-order valence-electron chi connectivity index (χ2n) is 6.89. The Hall–Kier alpha value is -2.88. The number of anilines is 1. The zero-order chi connectivity index (χ0) is 20.5.